The molecule has 0 aliphatic heterocycles. The van der Waals surface area contributed by atoms with Crippen LogP contribution in [0, 0.1) is 13.8 Å². The van der Waals surface area contributed by atoms with Gasteiger partial charge >= 0.3 is 6.09 Å². The van der Waals surface area contributed by atoms with Crippen molar-refractivity contribution in [2.45, 2.75) is 46.1 Å². The van der Waals surface area contributed by atoms with Gasteiger partial charge in [-0.15, -0.1) is 0 Å². The van der Waals surface area contributed by atoms with Crippen LogP contribution in [-0.2, 0) is 4.74 Å². The van der Waals surface area contributed by atoms with Crippen molar-refractivity contribution >= 4 is 34.9 Å². The highest BCUT2D eigenvalue weighted by Crippen LogP contribution is 2.32. The number of nitrogens with one attached hydrogen (secondary N) is 1. The van der Waals surface area contributed by atoms with Crippen LogP contribution in [0.15, 0.2) is 10.6 Å². The first-order valence-corrected chi connectivity index (χ1v) is 7.42. The number of aromatic nitrogens is 1. The van der Waals surface area contributed by atoms with Gasteiger partial charge < -0.3 is 4.74 Å². The van der Waals surface area contributed by atoms with Crippen molar-refractivity contribution in [1.82, 2.24) is 4.37 Å². The average molecular weight is 301 g/mol. The maximum absolute atomic E-state index is 11.9. The average Bonchev–Trinajstić information content (AvgIpc) is 2.90. The van der Waals surface area contributed by atoms with Crippen LogP contribution in [0.5, 0.6) is 0 Å². The van der Waals surface area contributed by atoms with Gasteiger partial charge in [0.25, 0.3) is 0 Å². The predicted molar refractivity (Wildman–Crippen MR) is 77.9 cm³/mol. The second kappa shape index (κ2) is 5.92. The molecule has 0 saturated carbocycles. The molecule has 0 fully saturated rings. The number of hydrogen-bond acceptors (Lipinski definition) is 4. The number of hydrogen-bond donors (Lipinski definition) is 1. The Morgan fingerprint density at radius 3 is 2.74 bits per heavy atom. The van der Waals surface area contributed by atoms with Crippen molar-refractivity contribution in [3.05, 3.63) is 21.2 Å². The number of ether oxygens (including phenoxy) is 1. The molecule has 0 radical (unpaired) electrons. The van der Waals surface area contributed by atoms with E-state index < -0.39 is 6.09 Å². The van der Waals surface area contributed by atoms with E-state index in [1.807, 2.05) is 20.8 Å². The number of anilines is 1. The number of aryl methyl sites for hydroxylation is 2. The summed E-state index contributed by atoms with van der Waals surface area (Å²) in [7, 11) is 0. The highest BCUT2D eigenvalue weighted by molar-refractivity contribution is 7.06. The first kappa shape index (κ1) is 14.3. The van der Waals surface area contributed by atoms with Gasteiger partial charge in [-0.1, -0.05) is 11.6 Å². The minimum atomic E-state index is -0.456. The summed E-state index contributed by atoms with van der Waals surface area (Å²) in [6, 6.07) is 0. The Morgan fingerprint density at radius 2 is 2.21 bits per heavy atom. The van der Waals surface area contributed by atoms with Crippen LogP contribution in [0.3, 0.4) is 0 Å². The topological polar surface area (TPSA) is 51.2 Å². The van der Waals surface area contributed by atoms with Crippen LogP contribution < -0.4 is 5.32 Å². The molecule has 1 heterocycles. The number of allylic oxidation sites excluding steroid dienone is 1. The first-order chi connectivity index (χ1) is 8.99. The minimum Gasteiger partial charge on any atom is -0.442 e. The third-order valence-electron chi connectivity index (χ3n) is 3.23. The molecule has 0 bridgehead atoms. The van der Waals surface area contributed by atoms with Crippen LogP contribution in [-0.4, -0.2) is 16.6 Å². The number of rotatable bonds is 3. The third-order valence-corrected chi connectivity index (χ3v) is 4.50. The lowest BCUT2D eigenvalue weighted by molar-refractivity contribution is 0.136. The Balaban J connectivity index is 1.97. The molecule has 1 aromatic heterocycles. The fourth-order valence-corrected chi connectivity index (χ4v) is 3.22. The summed E-state index contributed by atoms with van der Waals surface area (Å²) >= 11 is 7.48. The second-order valence-corrected chi connectivity index (χ2v) is 6.09. The summed E-state index contributed by atoms with van der Waals surface area (Å²) in [6.45, 7) is 5.63. The minimum absolute atomic E-state index is 0.276. The maximum Gasteiger partial charge on any atom is 0.412 e. The molecule has 0 spiro atoms. The van der Waals surface area contributed by atoms with E-state index in [2.05, 4.69) is 9.69 Å². The maximum atomic E-state index is 11.9. The first-order valence-electron chi connectivity index (χ1n) is 6.27. The van der Waals surface area contributed by atoms with Crippen LogP contribution in [0.25, 0.3) is 0 Å². The molecule has 1 aliphatic rings. The molecule has 0 aromatic carbocycles. The highest BCUT2D eigenvalue weighted by atomic mass is 35.5. The zero-order valence-corrected chi connectivity index (χ0v) is 12.8. The summed E-state index contributed by atoms with van der Waals surface area (Å²) in [5.74, 6) is 0. The smallest absolute Gasteiger partial charge is 0.412 e. The number of carbonyl (C=O) groups is 1. The van der Waals surface area contributed by atoms with Gasteiger partial charge in [-0.05, 0) is 57.1 Å². The van der Waals surface area contributed by atoms with Crippen molar-refractivity contribution in [2.24, 2.45) is 0 Å². The van der Waals surface area contributed by atoms with Gasteiger partial charge in [0.05, 0.1) is 11.4 Å². The Morgan fingerprint density at radius 1 is 1.47 bits per heavy atom. The summed E-state index contributed by atoms with van der Waals surface area (Å²) in [5, 5.41) is 3.59. The van der Waals surface area contributed by atoms with Crippen LogP contribution in [0.1, 0.15) is 36.8 Å². The lowest BCUT2D eigenvalue weighted by Crippen LogP contribution is -2.22. The van der Waals surface area contributed by atoms with E-state index in [9.17, 15) is 4.79 Å². The molecule has 4 nitrogen and oxygen atoms in total. The fourth-order valence-electron chi connectivity index (χ4n) is 2.18. The van der Waals surface area contributed by atoms with Crippen molar-refractivity contribution in [3.8, 4) is 0 Å². The normalized spacial score (nSPS) is 16.6. The largest absolute Gasteiger partial charge is 0.442 e. The van der Waals surface area contributed by atoms with E-state index in [0.29, 0.717) is 0 Å². The number of nitrogens with zero attached hydrogens (tertiary/aromatic N) is 1. The van der Waals surface area contributed by atoms with Gasteiger partial charge in [0.1, 0.15) is 6.10 Å². The lowest BCUT2D eigenvalue weighted by Gasteiger charge is -2.15. The van der Waals surface area contributed by atoms with Gasteiger partial charge in [0, 0.05) is 9.91 Å². The van der Waals surface area contributed by atoms with E-state index in [1.165, 1.54) is 11.5 Å². The second-order valence-electron chi connectivity index (χ2n) is 4.66. The standard InChI is InChI=1S/C13H17ClN2O2S/c1-7-12(9(3)19-16-7)15-13(17)18-8(2)10-5-4-6-11(10)14/h8H,4-6H2,1-3H3,(H,15,17). The molecule has 1 aliphatic carbocycles. The van der Waals surface area contributed by atoms with Gasteiger partial charge in [0.15, 0.2) is 0 Å². The van der Waals surface area contributed by atoms with E-state index in [-0.39, 0.29) is 6.10 Å². The summed E-state index contributed by atoms with van der Waals surface area (Å²) in [4.78, 5) is 12.8. The fraction of sp³-hybridized carbons (Fsp3) is 0.538. The molecule has 1 unspecified atom stereocenters. The zero-order chi connectivity index (χ0) is 14.0. The van der Waals surface area contributed by atoms with E-state index in [1.54, 1.807) is 0 Å². The van der Waals surface area contributed by atoms with Gasteiger partial charge in [0.2, 0.25) is 0 Å². The van der Waals surface area contributed by atoms with E-state index in [4.69, 9.17) is 16.3 Å². The highest BCUT2D eigenvalue weighted by Gasteiger charge is 2.22. The Labute approximate surface area is 122 Å². The summed E-state index contributed by atoms with van der Waals surface area (Å²) in [5.41, 5.74) is 2.59. The Kier molecular flexibility index (Phi) is 4.47. The van der Waals surface area contributed by atoms with Crippen molar-refractivity contribution in [2.75, 3.05) is 5.32 Å². The zero-order valence-electron chi connectivity index (χ0n) is 11.2. The van der Waals surface area contributed by atoms with Crippen molar-refractivity contribution < 1.29 is 9.53 Å². The van der Waals surface area contributed by atoms with E-state index >= 15 is 0 Å². The molecule has 1 aromatic rings. The Bertz CT molecular complexity index is 505. The molecule has 1 amide bonds. The lowest BCUT2D eigenvalue weighted by atomic mass is 10.1. The Hall–Kier alpha value is -1.07. The summed E-state index contributed by atoms with van der Waals surface area (Å²) < 4.78 is 9.55. The third kappa shape index (κ3) is 3.28. The summed E-state index contributed by atoms with van der Waals surface area (Å²) in [6.07, 6.45) is 2.10. The quantitative estimate of drug-likeness (QED) is 0.901. The number of carbonyl (C=O) groups excluding carboxylic acids is 1. The van der Waals surface area contributed by atoms with Crippen molar-refractivity contribution in [3.63, 3.8) is 0 Å². The van der Waals surface area contributed by atoms with Gasteiger partial charge in [-0.25, -0.2) is 4.79 Å². The molecule has 6 heteroatoms. The molecular weight excluding hydrogens is 284 g/mol. The van der Waals surface area contributed by atoms with E-state index in [0.717, 1.165) is 46.1 Å². The number of halogens is 1. The molecule has 1 atom stereocenters. The molecule has 19 heavy (non-hydrogen) atoms. The monoisotopic (exact) mass is 300 g/mol. The van der Waals surface area contributed by atoms with Crippen LogP contribution in [0.4, 0.5) is 10.5 Å². The number of amides is 1. The molecular formula is C13H17ClN2O2S. The SMILES string of the molecule is Cc1nsc(C)c1NC(=O)OC(C)C1=C(Cl)CCC1. The molecule has 0 saturated heterocycles. The van der Waals surface area contributed by atoms with Crippen LogP contribution >= 0.6 is 23.1 Å². The predicted octanol–water partition coefficient (Wildman–Crippen LogP) is 4.37. The van der Waals surface area contributed by atoms with Crippen LogP contribution in [0.2, 0.25) is 0 Å². The molecule has 1 N–H and O–H groups in total. The van der Waals surface area contributed by atoms with Gasteiger partial charge in [-0.2, -0.15) is 4.37 Å². The van der Waals surface area contributed by atoms with Crippen molar-refractivity contribution in [1.29, 1.82) is 0 Å². The molecule has 104 valence electrons. The van der Waals surface area contributed by atoms with Gasteiger partial charge in [-0.3, -0.25) is 5.32 Å². The molecule has 2 rings (SSSR count).